The number of nitrogens with zero attached hydrogens (tertiary/aromatic N) is 3. The molecule has 0 bridgehead atoms. The fraction of sp³-hybridized carbons (Fsp3) is 0.348. The molecular formula is C23H24ClN3O4. The Bertz CT molecular complexity index is 1000. The summed E-state index contributed by atoms with van der Waals surface area (Å²) >= 11 is 6.01. The third-order valence-corrected chi connectivity index (χ3v) is 5.56. The monoisotopic (exact) mass is 441 g/mol. The minimum Gasteiger partial charge on any atom is -0.493 e. The van der Waals surface area contributed by atoms with E-state index < -0.39 is 12.1 Å². The van der Waals surface area contributed by atoms with E-state index in [-0.39, 0.29) is 6.10 Å². The van der Waals surface area contributed by atoms with Gasteiger partial charge in [-0.05, 0) is 61.6 Å². The number of carbonyl (C=O) groups is 1. The van der Waals surface area contributed by atoms with E-state index in [1.165, 1.54) is 19.2 Å². The van der Waals surface area contributed by atoms with Gasteiger partial charge in [0.25, 0.3) is 0 Å². The van der Waals surface area contributed by atoms with Crippen LogP contribution in [0, 0.1) is 0 Å². The van der Waals surface area contributed by atoms with E-state index in [1.54, 1.807) is 48.5 Å². The molecule has 3 aromatic rings. The van der Waals surface area contributed by atoms with Gasteiger partial charge in [0.05, 0.1) is 25.3 Å². The minimum atomic E-state index is -0.563. The highest BCUT2D eigenvalue weighted by molar-refractivity contribution is 6.30. The molecule has 1 aliphatic carbocycles. The second kappa shape index (κ2) is 9.83. The number of ether oxygens (including phenoxy) is 3. The Hall–Kier alpha value is -3.06. The van der Waals surface area contributed by atoms with Gasteiger partial charge in [-0.1, -0.05) is 23.7 Å². The van der Waals surface area contributed by atoms with Crippen molar-refractivity contribution in [1.29, 1.82) is 0 Å². The zero-order chi connectivity index (χ0) is 21.6. The number of carbonyl (C=O) groups excluding carboxylic acids is 1. The van der Waals surface area contributed by atoms with Crippen LogP contribution in [-0.2, 0) is 11.3 Å². The molecule has 8 heteroatoms. The Morgan fingerprint density at radius 2 is 1.94 bits per heavy atom. The van der Waals surface area contributed by atoms with Gasteiger partial charge in [-0.3, -0.25) is 0 Å². The number of benzene rings is 2. The molecule has 31 heavy (non-hydrogen) atoms. The van der Waals surface area contributed by atoms with E-state index in [1.807, 2.05) is 12.1 Å². The summed E-state index contributed by atoms with van der Waals surface area (Å²) in [7, 11) is 1.56. The normalized spacial score (nSPS) is 14.9. The van der Waals surface area contributed by atoms with E-state index in [0.717, 1.165) is 18.4 Å². The Balaban J connectivity index is 1.52. The van der Waals surface area contributed by atoms with Crippen LogP contribution in [0.3, 0.4) is 0 Å². The van der Waals surface area contributed by atoms with Gasteiger partial charge in [-0.15, -0.1) is 0 Å². The van der Waals surface area contributed by atoms with Crippen molar-refractivity contribution >= 4 is 17.6 Å². The molecule has 0 aliphatic heterocycles. The standard InChI is InChI=1S/C23H24ClN3O4/c1-29-21-12-17(8-11-20(21)30-19-4-2-3-5-19)23(28)31-22(13-27-15-25-14-26-27)16-6-9-18(24)10-7-16/h6-12,14-15,19,22H,2-5,13H2,1H3. The molecule has 162 valence electrons. The summed E-state index contributed by atoms with van der Waals surface area (Å²) in [6, 6.07) is 12.3. The van der Waals surface area contributed by atoms with Crippen LogP contribution in [0.2, 0.25) is 5.02 Å². The van der Waals surface area contributed by atoms with E-state index in [2.05, 4.69) is 10.1 Å². The summed E-state index contributed by atoms with van der Waals surface area (Å²) in [5.41, 5.74) is 1.19. The first-order valence-corrected chi connectivity index (χ1v) is 10.6. The molecule has 1 aromatic heterocycles. The molecule has 2 aromatic carbocycles. The number of aromatic nitrogens is 3. The van der Waals surface area contributed by atoms with Crippen molar-refractivity contribution in [2.75, 3.05) is 7.11 Å². The summed E-state index contributed by atoms with van der Waals surface area (Å²) < 4.78 is 19.0. The first-order chi connectivity index (χ1) is 15.1. The van der Waals surface area contributed by atoms with Crippen LogP contribution >= 0.6 is 11.6 Å². The van der Waals surface area contributed by atoms with Gasteiger partial charge in [0.15, 0.2) is 11.5 Å². The molecule has 1 aliphatic rings. The van der Waals surface area contributed by atoms with Crippen molar-refractivity contribution in [3.8, 4) is 11.5 Å². The predicted octanol–water partition coefficient (Wildman–Crippen LogP) is 4.86. The van der Waals surface area contributed by atoms with E-state index in [9.17, 15) is 4.79 Å². The lowest BCUT2D eigenvalue weighted by molar-refractivity contribution is 0.0246. The molecule has 0 radical (unpaired) electrons. The van der Waals surface area contributed by atoms with Gasteiger partial charge in [0.1, 0.15) is 18.8 Å². The van der Waals surface area contributed by atoms with Crippen LogP contribution < -0.4 is 9.47 Å². The van der Waals surface area contributed by atoms with Crippen LogP contribution in [0.25, 0.3) is 0 Å². The lowest BCUT2D eigenvalue weighted by Gasteiger charge is -2.19. The van der Waals surface area contributed by atoms with Crippen molar-refractivity contribution in [3.63, 3.8) is 0 Å². The Morgan fingerprint density at radius 3 is 2.61 bits per heavy atom. The zero-order valence-electron chi connectivity index (χ0n) is 17.2. The average molecular weight is 442 g/mol. The van der Waals surface area contributed by atoms with Gasteiger partial charge in [0, 0.05) is 5.02 Å². The summed E-state index contributed by atoms with van der Waals surface area (Å²) in [4.78, 5) is 16.9. The number of rotatable bonds is 8. The number of methoxy groups -OCH3 is 1. The molecular weight excluding hydrogens is 418 g/mol. The van der Waals surface area contributed by atoms with Crippen molar-refractivity contribution in [3.05, 3.63) is 71.3 Å². The molecule has 1 heterocycles. The summed E-state index contributed by atoms with van der Waals surface area (Å²) in [5, 5.41) is 4.73. The molecule has 0 N–H and O–H groups in total. The maximum absolute atomic E-state index is 13.0. The predicted molar refractivity (Wildman–Crippen MR) is 116 cm³/mol. The van der Waals surface area contributed by atoms with Crippen molar-refractivity contribution in [1.82, 2.24) is 14.8 Å². The van der Waals surface area contributed by atoms with Gasteiger partial charge in [-0.25, -0.2) is 14.5 Å². The van der Waals surface area contributed by atoms with Crippen molar-refractivity contribution < 1.29 is 19.0 Å². The van der Waals surface area contributed by atoms with Crippen LogP contribution in [-0.4, -0.2) is 33.9 Å². The first kappa shape index (κ1) is 21.2. The molecule has 1 saturated carbocycles. The molecule has 0 spiro atoms. The van der Waals surface area contributed by atoms with Crippen LogP contribution in [0.5, 0.6) is 11.5 Å². The van der Waals surface area contributed by atoms with E-state index in [0.29, 0.717) is 28.6 Å². The average Bonchev–Trinajstić information content (AvgIpc) is 3.48. The number of esters is 1. The zero-order valence-corrected chi connectivity index (χ0v) is 18.0. The fourth-order valence-electron chi connectivity index (χ4n) is 3.66. The topological polar surface area (TPSA) is 75.5 Å². The van der Waals surface area contributed by atoms with Crippen molar-refractivity contribution in [2.45, 2.75) is 44.4 Å². The SMILES string of the molecule is COc1cc(C(=O)OC(Cn2cncn2)c2ccc(Cl)cc2)ccc1OC1CCCC1. The highest BCUT2D eigenvalue weighted by Crippen LogP contribution is 2.33. The molecule has 4 rings (SSSR count). The third kappa shape index (κ3) is 5.35. The number of halogens is 1. The molecule has 1 atom stereocenters. The molecule has 0 amide bonds. The maximum atomic E-state index is 13.0. The molecule has 7 nitrogen and oxygen atoms in total. The second-order valence-electron chi connectivity index (χ2n) is 7.45. The summed E-state index contributed by atoms with van der Waals surface area (Å²) in [6.45, 7) is 0.327. The Morgan fingerprint density at radius 1 is 1.16 bits per heavy atom. The lowest BCUT2D eigenvalue weighted by Crippen LogP contribution is -2.18. The van der Waals surface area contributed by atoms with Gasteiger partial charge < -0.3 is 14.2 Å². The smallest absolute Gasteiger partial charge is 0.338 e. The van der Waals surface area contributed by atoms with Crippen LogP contribution in [0.1, 0.15) is 47.7 Å². The third-order valence-electron chi connectivity index (χ3n) is 5.31. The summed E-state index contributed by atoms with van der Waals surface area (Å²) in [5.74, 6) is 0.689. The van der Waals surface area contributed by atoms with E-state index in [4.69, 9.17) is 25.8 Å². The van der Waals surface area contributed by atoms with Gasteiger partial charge in [0.2, 0.25) is 0 Å². The fourth-order valence-corrected chi connectivity index (χ4v) is 3.79. The van der Waals surface area contributed by atoms with Crippen LogP contribution in [0.4, 0.5) is 0 Å². The number of hydrogen-bond acceptors (Lipinski definition) is 6. The summed E-state index contributed by atoms with van der Waals surface area (Å²) in [6.07, 6.45) is 7.08. The highest BCUT2D eigenvalue weighted by Gasteiger charge is 2.22. The molecule has 1 fully saturated rings. The second-order valence-corrected chi connectivity index (χ2v) is 7.89. The molecule has 1 unspecified atom stereocenters. The Labute approximate surface area is 185 Å². The Kier molecular flexibility index (Phi) is 6.72. The lowest BCUT2D eigenvalue weighted by atomic mass is 10.1. The van der Waals surface area contributed by atoms with Gasteiger partial charge in [-0.2, -0.15) is 5.10 Å². The number of hydrogen-bond donors (Lipinski definition) is 0. The van der Waals surface area contributed by atoms with E-state index >= 15 is 0 Å². The van der Waals surface area contributed by atoms with Crippen molar-refractivity contribution in [2.24, 2.45) is 0 Å². The quantitative estimate of drug-likeness (QED) is 0.465. The minimum absolute atomic E-state index is 0.198. The molecule has 0 saturated heterocycles. The maximum Gasteiger partial charge on any atom is 0.338 e. The van der Waals surface area contributed by atoms with Gasteiger partial charge >= 0.3 is 5.97 Å². The highest BCUT2D eigenvalue weighted by atomic mass is 35.5. The largest absolute Gasteiger partial charge is 0.493 e. The van der Waals surface area contributed by atoms with Crippen LogP contribution in [0.15, 0.2) is 55.1 Å². The first-order valence-electron chi connectivity index (χ1n) is 10.3.